The molecule has 0 aliphatic carbocycles. The molecule has 1 N–H and O–H groups in total. The van der Waals surface area contributed by atoms with Gasteiger partial charge < -0.3 is 14.6 Å². The summed E-state index contributed by atoms with van der Waals surface area (Å²) in [6, 6.07) is 8.09. The Hall–Kier alpha value is -3.82. The Balaban J connectivity index is 1.72. The molecule has 10 heteroatoms. The monoisotopic (exact) mass is 411 g/mol. The number of nitrogens with one attached hydrogen (secondary N) is 1. The van der Waals surface area contributed by atoms with Gasteiger partial charge in [0.25, 0.3) is 5.56 Å². The highest BCUT2D eigenvalue weighted by molar-refractivity contribution is 6.00. The fraction of sp³-hybridized carbons (Fsp3) is 0.250. The van der Waals surface area contributed by atoms with E-state index < -0.39 is 11.5 Å². The average molecular weight is 411 g/mol. The van der Waals surface area contributed by atoms with Crippen molar-refractivity contribution >= 4 is 11.7 Å². The number of oxime groups is 1. The van der Waals surface area contributed by atoms with E-state index in [1.807, 2.05) is 0 Å². The number of nitrogens with zero attached hydrogens (tertiary/aromatic N) is 4. The lowest BCUT2D eigenvalue weighted by Gasteiger charge is -2.07. The van der Waals surface area contributed by atoms with Gasteiger partial charge in [0.1, 0.15) is 29.4 Å². The number of ether oxygens (including phenoxy) is 1. The summed E-state index contributed by atoms with van der Waals surface area (Å²) >= 11 is 0. The van der Waals surface area contributed by atoms with Gasteiger partial charge in [0.05, 0.1) is 18.8 Å². The van der Waals surface area contributed by atoms with E-state index in [1.54, 1.807) is 35.9 Å². The second-order valence-electron chi connectivity index (χ2n) is 6.48. The number of benzene rings is 1. The van der Waals surface area contributed by atoms with E-state index in [-0.39, 0.29) is 30.4 Å². The van der Waals surface area contributed by atoms with Gasteiger partial charge >= 0.3 is 5.97 Å². The lowest BCUT2D eigenvalue weighted by atomic mass is 10.1. The first-order valence-corrected chi connectivity index (χ1v) is 9.34. The van der Waals surface area contributed by atoms with Crippen LogP contribution < -0.4 is 5.56 Å². The van der Waals surface area contributed by atoms with Crippen LogP contribution in [-0.4, -0.2) is 44.6 Å². The molecule has 0 spiro atoms. The second kappa shape index (κ2) is 8.27. The van der Waals surface area contributed by atoms with Crippen molar-refractivity contribution in [1.82, 2.24) is 19.7 Å². The number of carbonyl (C=O) groups is 1. The minimum atomic E-state index is -0.749. The van der Waals surface area contributed by atoms with Crippen LogP contribution >= 0.6 is 0 Å². The van der Waals surface area contributed by atoms with Crippen LogP contribution in [0.2, 0.25) is 0 Å². The maximum Gasteiger partial charge on any atom is 0.345 e. The van der Waals surface area contributed by atoms with Crippen LogP contribution in [0.3, 0.4) is 0 Å². The Labute approximate surface area is 170 Å². The van der Waals surface area contributed by atoms with E-state index >= 15 is 0 Å². The van der Waals surface area contributed by atoms with Gasteiger partial charge in [-0.05, 0) is 19.1 Å². The van der Waals surface area contributed by atoms with E-state index in [2.05, 4.69) is 20.2 Å². The molecule has 0 atom stereocenters. The van der Waals surface area contributed by atoms with Crippen LogP contribution in [0.5, 0.6) is 0 Å². The van der Waals surface area contributed by atoms with Gasteiger partial charge in [-0.15, -0.1) is 0 Å². The Morgan fingerprint density at radius 1 is 1.37 bits per heavy atom. The smallest absolute Gasteiger partial charge is 0.345 e. The maximum atomic E-state index is 14.2. The molecule has 1 aliphatic heterocycles. The Morgan fingerprint density at radius 2 is 2.20 bits per heavy atom. The molecule has 0 fully saturated rings. The van der Waals surface area contributed by atoms with Crippen molar-refractivity contribution in [1.29, 1.82) is 0 Å². The van der Waals surface area contributed by atoms with Crippen LogP contribution in [0, 0.1) is 5.82 Å². The SMILES string of the molecule is CCOC(=O)c1cnc(-c2cc(C3=NOCC3)n(Cc3ccccc3F)n2)[nH]c1=O. The highest BCUT2D eigenvalue weighted by atomic mass is 19.1. The molecule has 4 rings (SSSR count). The number of aromatic amines is 1. The quantitative estimate of drug-likeness (QED) is 0.622. The maximum absolute atomic E-state index is 14.2. The zero-order valence-corrected chi connectivity index (χ0v) is 16.1. The Kier molecular flexibility index (Phi) is 5.38. The molecule has 9 nitrogen and oxygen atoms in total. The summed E-state index contributed by atoms with van der Waals surface area (Å²) in [6.45, 7) is 2.39. The molecule has 30 heavy (non-hydrogen) atoms. The van der Waals surface area contributed by atoms with Crippen LogP contribution in [0.15, 0.2) is 46.5 Å². The van der Waals surface area contributed by atoms with Gasteiger partial charge in [-0.1, -0.05) is 23.4 Å². The molecule has 1 aliphatic rings. The topological polar surface area (TPSA) is 111 Å². The highest BCUT2D eigenvalue weighted by Gasteiger charge is 2.21. The molecule has 0 saturated heterocycles. The first kappa shape index (κ1) is 19.5. The molecule has 1 aromatic carbocycles. The predicted octanol–water partition coefficient (Wildman–Crippen LogP) is 2.12. The van der Waals surface area contributed by atoms with Crippen molar-refractivity contribution in [3.63, 3.8) is 0 Å². The number of carbonyl (C=O) groups excluding carboxylic acids is 1. The van der Waals surface area contributed by atoms with E-state index in [0.717, 1.165) is 6.20 Å². The van der Waals surface area contributed by atoms with Gasteiger partial charge in [-0.2, -0.15) is 5.10 Å². The van der Waals surface area contributed by atoms with Crippen molar-refractivity contribution in [3.8, 4) is 11.5 Å². The number of esters is 1. The average Bonchev–Trinajstić information content (AvgIpc) is 3.39. The lowest BCUT2D eigenvalue weighted by molar-refractivity contribution is 0.0523. The van der Waals surface area contributed by atoms with Gasteiger partial charge in [-0.3, -0.25) is 9.48 Å². The molecule has 154 valence electrons. The summed E-state index contributed by atoms with van der Waals surface area (Å²) in [4.78, 5) is 35.9. The summed E-state index contributed by atoms with van der Waals surface area (Å²) in [7, 11) is 0. The molecule has 2 aromatic heterocycles. The van der Waals surface area contributed by atoms with Crippen molar-refractivity contribution in [3.05, 3.63) is 69.5 Å². The molecule has 0 saturated carbocycles. The van der Waals surface area contributed by atoms with Gasteiger partial charge in [0, 0.05) is 18.2 Å². The zero-order chi connectivity index (χ0) is 21.1. The van der Waals surface area contributed by atoms with Crippen LogP contribution in [0.1, 0.15) is 35.0 Å². The second-order valence-corrected chi connectivity index (χ2v) is 6.48. The number of hydrogen-bond donors (Lipinski definition) is 1. The normalized spacial score (nSPS) is 13.1. The molecular formula is C20H18FN5O4. The van der Waals surface area contributed by atoms with E-state index in [0.29, 0.717) is 35.7 Å². The molecule has 0 unspecified atom stereocenters. The molecule has 3 aromatic rings. The Bertz CT molecular complexity index is 1180. The van der Waals surface area contributed by atoms with Crippen molar-refractivity contribution in [2.24, 2.45) is 5.16 Å². The Morgan fingerprint density at radius 3 is 2.90 bits per heavy atom. The summed E-state index contributed by atoms with van der Waals surface area (Å²) < 4.78 is 20.6. The number of rotatable bonds is 6. The number of halogens is 1. The summed E-state index contributed by atoms with van der Waals surface area (Å²) in [5.41, 5.74) is 1.26. The van der Waals surface area contributed by atoms with Crippen molar-refractivity contribution in [2.45, 2.75) is 19.9 Å². The first-order chi connectivity index (χ1) is 14.6. The molecule has 3 heterocycles. The molecule has 0 radical (unpaired) electrons. The van der Waals surface area contributed by atoms with Crippen molar-refractivity contribution < 1.29 is 18.8 Å². The molecule has 0 amide bonds. The van der Waals surface area contributed by atoms with Gasteiger partial charge in [-0.25, -0.2) is 14.2 Å². The minimum absolute atomic E-state index is 0.147. The standard InChI is InChI=1S/C20H18FN5O4/c1-2-29-20(28)13-10-22-18(23-19(13)27)16-9-17(15-7-8-30-25-15)26(24-16)11-12-5-3-4-6-14(12)21/h3-6,9-10H,2,7-8,11H2,1H3,(H,22,23,27). The first-order valence-electron chi connectivity index (χ1n) is 9.34. The zero-order valence-electron chi connectivity index (χ0n) is 16.1. The van der Waals surface area contributed by atoms with Crippen LogP contribution in [0.4, 0.5) is 4.39 Å². The number of hydrogen-bond acceptors (Lipinski definition) is 7. The van der Waals surface area contributed by atoms with Crippen molar-refractivity contribution in [2.75, 3.05) is 13.2 Å². The van der Waals surface area contributed by atoms with E-state index in [4.69, 9.17) is 9.57 Å². The third-order valence-electron chi connectivity index (χ3n) is 4.50. The number of H-pyrrole nitrogens is 1. The lowest BCUT2D eigenvalue weighted by Crippen LogP contribution is -2.21. The fourth-order valence-electron chi connectivity index (χ4n) is 3.04. The summed E-state index contributed by atoms with van der Waals surface area (Å²) in [5, 5.41) is 8.50. The third-order valence-corrected chi connectivity index (χ3v) is 4.50. The fourth-order valence-corrected chi connectivity index (χ4v) is 3.04. The number of aromatic nitrogens is 4. The highest BCUT2D eigenvalue weighted by Crippen LogP contribution is 2.20. The molecular weight excluding hydrogens is 393 g/mol. The third kappa shape index (κ3) is 3.84. The van der Waals surface area contributed by atoms with Gasteiger partial charge in [0.15, 0.2) is 5.82 Å². The van der Waals surface area contributed by atoms with Crippen LogP contribution in [-0.2, 0) is 16.1 Å². The summed E-state index contributed by atoms with van der Waals surface area (Å²) in [6.07, 6.45) is 1.73. The minimum Gasteiger partial charge on any atom is -0.462 e. The van der Waals surface area contributed by atoms with E-state index in [9.17, 15) is 14.0 Å². The van der Waals surface area contributed by atoms with E-state index in [1.165, 1.54) is 6.07 Å². The predicted molar refractivity (Wildman–Crippen MR) is 105 cm³/mol. The van der Waals surface area contributed by atoms with Gasteiger partial charge in [0.2, 0.25) is 0 Å². The van der Waals surface area contributed by atoms with Crippen LogP contribution in [0.25, 0.3) is 11.5 Å². The summed E-state index contributed by atoms with van der Waals surface area (Å²) in [5.74, 6) is -0.933. The molecule has 0 bridgehead atoms. The largest absolute Gasteiger partial charge is 0.462 e.